The molecule has 0 aliphatic carbocycles. The number of carbonyl (C=O) groups is 2. The molecule has 0 unspecified atom stereocenters. The minimum atomic E-state index is -0.779. The van der Waals surface area contributed by atoms with Crippen molar-refractivity contribution in [3.63, 3.8) is 0 Å². The van der Waals surface area contributed by atoms with E-state index in [1.54, 1.807) is 9.80 Å². The molecule has 2 fully saturated rings. The van der Waals surface area contributed by atoms with Gasteiger partial charge in [-0.15, -0.1) is 0 Å². The molecule has 2 rings (SSSR count). The van der Waals surface area contributed by atoms with Gasteiger partial charge in [-0.25, -0.2) is 9.59 Å². The van der Waals surface area contributed by atoms with E-state index in [1.165, 1.54) is 0 Å². The van der Waals surface area contributed by atoms with Crippen molar-refractivity contribution in [2.24, 2.45) is 11.5 Å². The predicted octanol–water partition coefficient (Wildman–Crippen LogP) is 2.48. The van der Waals surface area contributed by atoms with Crippen LogP contribution in [0, 0.1) is 22.7 Å². The molecule has 0 radical (unpaired) electrons. The van der Waals surface area contributed by atoms with Gasteiger partial charge in [0.2, 0.25) is 0 Å². The van der Waals surface area contributed by atoms with Crippen LogP contribution in [0.3, 0.4) is 0 Å². The van der Waals surface area contributed by atoms with Crippen LogP contribution in [0.4, 0.5) is 9.59 Å². The van der Waals surface area contributed by atoms with Crippen LogP contribution in [0.2, 0.25) is 0 Å². The van der Waals surface area contributed by atoms with Gasteiger partial charge in [0.15, 0.2) is 0 Å². The van der Waals surface area contributed by atoms with Crippen LogP contribution in [-0.2, 0) is 9.47 Å². The Bertz CT molecular complexity index is 676. The van der Waals surface area contributed by atoms with Gasteiger partial charge in [0.25, 0.3) is 0 Å². The Morgan fingerprint density at radius 3 is 1.16 bits per heavy atom. The van der Waals surface area contributed by atoms with Crippen molar-refractivity contribution in [2.45, 2.75) is 89.5 Å². The summed E-state index contributed by atoms with van der Waals surface area (Å²) in [6, 6.07) is 4.17. The van der Waals surface area contributed by atoms with E-state index in [0.29, 0.717) is 51.9 Å². The Hall–Kier alpha value is -2.56. The number of piperidine rings is 2. The summed E-state index contributed by atoms with van der Waals surface area (Å²) in [6.45, 7) is 12.9. The largest absolute Gasteiger partial charge is 0.444 e. The smallest absolute Gasteiger partial charge is 0.410 e. The first-order valence-corrected chi connectivity index (χ1v) is 10.9. The van der Waals surface area contributed by atoms with E-state index in [2.05, 4.69) is 12.1 Å². The summed E-state index contributed by atoms with van der Waals surface area (Å²) in [5.41, 5.74) is 9.09. The van der Waals surface area contributed by atoms with Gasteiger partial charge in [-0.2, -0.15) is 10.5 Å². The van der Waals surface area contributed by atoms with Crippen molar-refractivity contribution in [1.82, 2.24) is 9.80 Å². The highest BCUT2D eigenvalue weighted by Gasteiger charge is 2.35. The number of likely N-dealkylation sites (tertiary alicyclic amines) is 2. The highest BCUT2D eigenvalue weighted by atomic mass is 16.6. The zero-order chi connectivity index (χ0) is 24.8. The van der Waals surface area contributed by atoms with Gasteiger partial charge in [0.05, 0.1) is 12.1 Å². The highest BCUT2D eigenvalue weighted by molar-refractivity contribution is 5.68. The summed E-state index contributed by atoms with van der Waals surface area (Å²) >= 11 is 0. The van der Waals surface area contributed by atoms with Crippen molar-refractivity contribution >= 4 is 12.2 Å². The van der Waals surface area contributed by atoms with Crippen LogP contribution in [-0.4, -0.2) is 70.4 Å². The molecule has 0 saturated carbocycles. The topological polar surface area (TPSA) is 159 Å². The van der Waals surface area contributed by atoms with E-state index in [1.807, 2.05) is 41.5 Å². The number of nitrogens with two attached hydrogens (primary N) is 2. The molecule has 32 heavy (non-hydrogen) atoms. The zero-order valence-corrected chi connectivity index (χ0v) is 20.2. The number of amides is 2. The molecule has 0 aromatic rings. The van der Waals surface area contributed by atoms with Crippen LogP contribution < -0.4 is 11.5 Å². The van der Waals surface area contributed by atoms with E-state index in [0.717, 1.165) is 0 Å². The lowest BCUT2D eigenvalue weighted by Crippen LogP contribution is -2.51. The number of ether oxygens (including phenoxy) is 2. The third-order valence-electron chi connectivity index (χ3n) is 5.06. The van der Waals surface area contributed by atoms with E-state index < -0.39 is 22.3 Å². The van der Waals surface area contributed by atoms with Crippen LogP contribution in [0.15, 0.2) is 0 Å². The molecule has 10 nitrogen and oxygen atoms in total. The Kier molecular flexibility index (Phi) is 8.90. The lowest BCUT2D eigenvalue weighted by molar-refractivity contribution is 0.0178. The van der Waals surface area contributed by atoms with Gasteiger partial charge in [-0.1, -0.05) is 0 Å². The maximum Gasteiger partial charge on any atom is 0.410 e. The van der Waals surface area contributed by atoms with Gasteiger partial charge >= 0.3 is 12.2 Å². The van der Waals surface area contributed by atoms with E-state index in [4.69, 9.17) is 31.5 Å². The number of nitriles is 2. The number of hydrogen-bond acceptors (Lipinski definition) is 8. The third-order valence-corrected chi connectivity index (χ3v) is 5.06. The Morgan fingerprint density at radius 2 is 0.969 bits per heavy atom. The molecule has 2 aliphatic rings. The SMILES string of the molecule is CC(C)(C)OC(=O)N1CCC(N)(C#N)CC1.CC(C)(C)OC(=O)N1CCC(N)(C#N)CC1. The van der Waals surface area contributed by atoms with Crippen molar-refractivity contribution in [2.75, 3.05) is 26.2 Å². The Balaban J connectivity index is 0.000000320. The Labute approximate surface area is 191 Å². The molecular weight excluding hydrogens is 412 g/mol. The van der Waals surface area contributed by atoms with Gasteiger partial charge in [0.1, 0.15) is 22.3 Å². The number of nitrogens with zero attached hydrogens (tertiary/aromatic N) is 4. The zero-order valence-electron chi connectivity index (χ0n) is 20.2. The molecule has 0 bridgehead atoms. The Morgan fingerprint density at radius 1 is 0.719 bits per heavy atom. The number of carbonyl (C=O) groups excluding carboxylic acids is 2. The van der Waals surface area contributed by atoms with E-state index in [9.17, 15) is 9.59 Å². The first-order chi connectivity index (χ1) is 14.5. The first kappa shape index (κ1) is 27.5. The van der Waals surface area contributed by atoms with Gasteiger partial charge in [-0.3, -0.25) is 0 Å². The van der Waals surface area contributed by atoms with Crippen LogP contribution >= 0.6 is 0 Å². The predicted molar refractivity (Wildman–Crippen MR) is 119 cm³/mol. The van der Waals surface area contributed by atoms with Crippen LogP contribution in [0.25, 0.3) is 0 Å². The maximum absolute atomic E-state index is 11.7. The standard InChI is InChI=1S/2C11H19N3O2/c2*1-10(2,3)16-9(15)14-6-4-11(13,8-12)5-7-14/h2*4-7,13H2,1-3H3. The number of hydrogen-bond donors (Lipinski definition) is 2. The molecule has 10 heteroatoms. The molecule has 0 aromatic carbocycles. The fraction of sp³-hybridized carbons (Fsp3) is 0.818. The molecule has 2 saturated heterocycles. The molecule has 4 N–H and O–H groups in total. The first-order valence-electron chi connectivity index (χ1n) is 10.9. The molecule has 2 aliphatic heterocycles. The van der Waals surface area contributed by atoms with Gasteiger partial charge in [0, 0.05) is 26.2 Å². The summed E-state index contributed by atoms with van der Waals surface area (Å²) in [6.07, 6.45) is 1.36. The van der Waals surface area contributed by atoms with Crippen molar-refractivity contribution < 1.29 is 19.1 Å². The monoisotopic (exact) mass is 450 g/mol. The van der Waals surface area contributed by atoms with Crippen molar-refractivity contribution in [3.05, 3.63) is 0 Å². The van der Waals surface area contributed by atoms with E-state index in [-0.39, 0.29) is 12.2 Å². The summed E-state index contributed by atoms with van der Waals surface area (Å²) in [5.74, 6) is 0. The molecule has 0 aromatic heterocycles. The second-order valence-electron chi connectivity index (χ2n) is 10.5. The quantitative estimate of drug-likeness (QED) is 0.569. The van der Waals surface area contributed by atoms with Crippen molar-refractivity contribution in [3.8, 4) is 12.1 Å². The van der Waals surface area contributed by atoms with Crippen LogP contribution in [0.5, 0.6) is 0 Å². The van der Waals surface area contributed by atoms with E-state index >= 15 is 0 Å². The summed E-state index contributed by atoms with van der Waals surface area (Å²) in [4.78, 5) is 26.6. The van der Waals surface area contributed by atoms with Gasteiger partial charge < -0.3 is 30.7 Å². The number of rotatable bonds is 0. The van der Waals surface area contributed by atoms with Crippen molar-refractivity contribution in [1.29, 1.82) is 10.5 Å². The molecular formula is C22H38N6O4. The third kappa shape index (κ3) is 9.29. The summed E-state index contributed by atoms with van der Waals surface area (Å²) in [5, 5.41) is 17.7. The molecule has 0 spiro atoms. The van der Waals surface area contributed by atoms with Crippen LogP contribution in [0.1, 0.15) is 67.2 Å². The fourth-order valence-electron chi connectivity index (χ4n) is 3.05. The molecule has 180 valence electrons. The summed E-state index contributed by atoms with van der Waals surface area (Å²) < 4.78 is 10.5. The maximum atomic E-state index is 11.7. The highest BCUT2D eigenvalue weighted by Crippen LogP contribution is 2.21. The average molecular weight is 451 g/mol. The second kappa shape index (κ2) is 10.4. The second-order valence-corrected chi connectivity index (χ2v) is 10.5. The molecule has 2 amide bonds. The minimum Gasteiger partial charge on any atom is -0.444 e. The lowest BCUT2D eigenvalue weighted by Gasteiger charge is -2.35. The molecule has 0 atom stereocenters. The lowest BCUT2D eigenvalue weighted by atomic mass is 9.90. The molecule has 2 heterocycles. The minimum absolute atomic E-state index is 0.326. The normalized spacial score (nSPS) is 20.1. The fourth-order valence-corrected chi connectivity index (χ4v) is 3.05. The van der Waals surface area contributed by atoms with Gasteiger partial charge in [-0.05, 0) is 67.2 Å². The average Bonchev–Trinajstić information content (AvgIpc) is 2.67. The summed E-state index contributed by atoms with van der Waals surface area (Å²) in [7, 11) is 0.